The average Bonchev–Trinajstić information content (AvgIpc) is 3.12. The first-order valence-electron chi connectivity index (χ1n) is 9.26. The predicted octanol–water partition coefficient (Wildman–Crippen LogP) is 3.32. The Kier molecular flexibility index (Phi) is 4.47. The summed E-state index contributed by atoms with van der Waals surface area (Å²) in [6, 6.07) is 14.1. The summed E-state index contributed by atoms with van der Waals surface area (Å²) in [5, 5.41) is 5.49. The van der Waals surface area contributed by atoms with Crippen molar-refractivity contribution < 1.29 is 4.79 Å². The number of nitrogens with zero attached hydrogens (tertiary/aromatic N) is 3. The summed E-state index contributed by atoms with van der Waals surface area (Å²) >= 11 is 0. The fourth-order valence-corrected chi connectivity index (χ4v) is 3.89. The van der Waals surface area contributed by atoms with E-state index in [1.807, 2.05) is 23.0 Å². The predicted molar refractivity (Wildman–Crippen MR) is 104 cm³/mol. The third-order valence-electron chi connectivity index (χ3n) is 5.38. The maximum absolute atomic E-state index is 11.6. The molecule has 26 heavy (non-hydrogen) atoms. The van der Waals surface area contributed by atoms with Gasteiger partial charge in [0.1, 0.15) is 5.52 Å². The molecule has 0 saturated carbocycles. The van der Waals surface area contributed by atoms with E-state index in [1.165, 1.54) is 24.9 Å². The van der Waals surface area contributed by atoms with Gasteiger partial charge in [-0.2, -0.15) is 5.10 Å². The zero-order valence-electron chi connectivity index (χ0n) is 15.1. The van der Waals surface area contributed by atoms with E-state index in [9.17, 15) is 4.79 Å². The van der Waals surface area contributed by atoms with Crippen molar-refractivity contribution in [3.63, 3.8) is 0 Å². The summed E-state index contributed by atoms with van der Waals surface area (Å²) in [7, 11) is 0. The number of carbonyl (C=O) groups is 1. The van der Waals surface area contributed by atoms with E-state index in [0.717, 1.165) is 24.2 Å². The maximum Gasteiger partial charge on any atom is 0.250 e. The Bertz CT molecular complexity index is 929. The van der Waals surface area contributed by atoms with E-state index in [4.69, 9.17) is 5.73 Å². The van der Waals surface area contributed by atoms with Gasteiger partial charge in [0, 0.05) is 18.1 Å². The molecule has 1 fully saturated rings. The van der Waals surface area contributed by atoms with Gasteiger partial charge in [0.15, 0.2) is 0 Å². The Morgan fingerprint density at radius 3 is 2.77 bits per heavy atom. The summed E-state index contributed by atoms with van der Waals surface area (Å²) in [4.78, 5) is 14.1. The van der Waals surface area contributed by atoms with Crippen molar-refractivity contribution in [2.24, 2.45) is 5.73 Å². The number of benzene rings is 2. The van der Waals surface area contributed by atoms with Crippen LogP contribution in [0.5, 0.6) is 0 Å². The Labute approximate surface area is 153 Å². The molecule has 1 amide bonds. The normalized spacial score (nSPS) is 18.3. The first-order valence-corrected chi connectivity index (χ1v) is 9.26. The molecule has 1 atom stereocenters. The van der Waals surface area contributed by atoms with Crippen LogP contribution in [0.3, 0.4) is 0 Å². The second kappa shape index (κ2) is 6.92. The van der Waals surface area contributed by atoms with Crippen molar-refractivity contribution >= 4 is 16.8 Å². The fourth-order valence-electron chi connectivity index (χ4n) is 3.89. The van der Waals surface area contributed by atoms with Crippen LogP contribution in [0.2, 0.25) is 0 Å². The quantitative estimate of drug-likeness (QED) is 0.786. The van der Waals surface area contributed by atoms with E-state index in [0.29, 0.717) is 17.0 Å². The number of rotatable bonds is 4. The molecule has 4 rings (SSSR count). The summed E-state index contributed by atoms with van der Waals surface area (Å²) in [5.74, 6) is 0.157. The highest BCUT2D eigenvalue weighted by molar-refractivity contribution is 6.04. The van der Waals surface area contributed by atoms with Gasteiger partial charge in [0.25, 0.3) is 5.91 Å². The summed E-state index contributed by atoms with van der Waals surface area (Å²) in [6.07, 6.45) is 4.46. The minimum atomic E-state index is -0.450. The second-order valence-corrected chi connectivity index (χ2v) is 7.01. The Hall–Kier alpha value is -2.66. The molecule has 2 heterocycles. The minimum Gasteiger partial charge on any atom is -0.366 e. The first kappa shape index (κ1) is 16.8. The molecule has 1 saturated heterocycles. The first-order chi connectivity index (χ1) is 12.7. The number of piperidine rings is 1. The molecule has 0 unspecified atom stereocenters. The van der Waals surface area contributed by atoms with Crippen LogP contribution in [0.15, 0.2) is 48.7 Å². The highest BCUT2D eigenvalue weighted by Crippen LogP contribution is 2.28. The molecule has 0 aliphatic carbocycles. The molecule has 2 aromatic carbocycles. The lowest BCUT2D eigenvalue weighted by Gasteiger charge is -2.32. The number of likely N-dealkylation sites (N-methyl/N-ethyl adjacent to an activating group) is 1. The van der Waals surface area contributed by atoms with Gasteiger partial charge in [-0.05, 0) is 55.6 Å². The summed E-state index contributed by atoms with van der Waals surface area (Å²) in [6.45, 7) is 5.71. The standard InChI is InChI=1S/C21H24N4O/c1-2-24-12-4-6-16(13-24)15-8-10-18(11-9-15)25-14-17-5-3-7-19(21(22)26)20(17)23-25/h3,5,7-11,14,16H,2,4,6,12-13H2,1H3,(H2,22,26)/t16-/m1/s1. The number of hydrogen-bond donors (Lipinski definition) is 1. The molecule has 134 valence electrons. The van der Waals surface area contributed by atoms with E-state index in [-0.39, 0.29) is 0 Å². The largest absolute Gasteiger partial charge is 0.366 e. The van der Waals surface area contributed by atoms with Gasteiger partial charge in [0.05, 0.1) is 11.3 Å². The van der Waals surface area contributed by atoms with Gasteiger partial charge in [-0.15, -0.1) is 0 Å². The van der Waals surface area contributed by atoms with Crippen LogP contribution in [0.4, 0.5) is 0 Å². The number of aromatic nitrogens is 2. The maximum atomic E-state index is 11.6. The number of likely N-dealkylation sites (tertiary alicyclic amines) is 1. The van der Waals surface area contributed by atoms with Gasteiger partial charge in [0.2, 0.25) is 0 Å². The van der Waals surface area contributed by atoms with Crippen molar-refractivity contribution in [2.45, 2.75) is 25.7 Å². The molecule has 3 aromatic rings. The van der Waals surface area contributed by atoms with E-state index in [2.05, 4.69) is 41.2 Å². The lowest BCUT2D eigenvalue weighted by atomic mass is 9.90. The monoisotopic (exact) mass is 348 g/mol. The van der Waals surface area contributed by atoms with Crippen LogP contribution in [-0.4, -0.2) is 40.2 Å². The van der Waals surface area contributed by atoms with Crippen LogP contribution < -0.4 is 5.73 Å². The SMILES string of the molecule is CCN1CCC[C@@H](c2ccc(-n3cc4cccc(C(N)=O)c4n3)cc2)C1. The molecule has 0 radical (unpaired) electrons. The lowest BCUT2D eigenvalue weighted by molar-refractivity contribution is 0.100. The van der Waals surface area contributed by atoms with Crippen molar-refractivity contribution in [3.8, 4) is 5.69 Å². The molecule has 5 heteroatoms. The number of amides is 1. The van der Waals surface area contributed by atoms with Crippen LogP contribution in [-0.2, 0) is 0 Å². The molecule has 5 nitrogen and oxygen atoms in total. The molecule has 1 aliphatic heterocycles. The number of fused-ring (bicyclic) bond motifs is 1. The van der Waals surface area contributed by atoms with Crippen molar-refractivity contribution in [3.05, 3.63) is 59.8 Å². The third kappa shape index (κ3) is 3.10. The van der Waals surface area contributed by atoms with Crippen LogP contribution in [0.25, 0.3) is 16.6 Å². The van der Waals surface area contributed by atoms with E-state index < -0.39 is 5.91 Å². The molecular weight excluding hydrogens is 324 g/mol. The zero-order valence-corrected chi connectivity index (χ0v) is 15.1. The number of hydrogen-bond acceptors (Lipinski definition) is 3. The third-order valence-corrected chi connectivity index (χ3v) is 5.38. The van der Waals surface area contributed by atoms with Gasteiger partial charge < -0.3 is 10.6 Å². The number of primary amides is 1. The number of carbonyl (C=O) groups excluding carboxylic acids is 1. The van der Waals surface area contributed by atoms with Gasteiger partial charge in [-0.1, -0.05) is 31.2 Å². The summed E-state index contributed by atoms with van der Waals surface area (Å²) in [5.41, 5.74) is 8.95. The highest BCUT2D eigenvalue weighted by Gasteiger charge is 2.20. The molecule has 1 aromatic heterocycles. The zero-order chi connectivity index (χ0) is 18.1. The Morgan fingerprint density at radius 1 is 1.23 bits per heavy atom. The van der Waals surface area contributed by atoms with Crippen molar-refractivity contribution in [1.82, 2.24) is 14.7 Å². The molecule has 1 aliphatic rings. The molecular formula is C21H24N4O. The van der Waals surface area contributed by atoms with Crippen LogP contribution in [0, 0.1) is 0 Å². The van der Waals surface area contributed by atoms with Crippen molar-refractivity contribution in [2.75, 3.05) is 19.6 Å². The minimum absolute atomic E-state index is 0.450. The summed E-state index contributed by atoms with van der Waals surface area (Å²) < 4.78 is 1.82. The lowest BCUT2D eigenvalue weighted by Crippen LogP contribution is -2.34. The molecule has 0 spiro atoms. The van der Waals surface area contributed by atoms with Gasteiger partial charge in [-0.25, -0.2) is 4.68 Å². The molecule has 0 bridgehead atoms. The second-order valence-electron chi connectivity index (χ2n) is 7.01. The van der Waals surface area contributed by atoms with Crippen LogP contribution >= 0.6 is 0 Å². The fraction of sp³-hybridized carbons (Fsp3) is 0.333. The Morgan fingerprint density at radius 2 is 2.04 bits per heavy atom. The Balaban J connectivity index is 1.62. The van der Waals surface area contributed by atoms with E-state index >= 15 is 0 Å². The average molecular weight is 348 g/mol. The number of nitrogens with two attached hydrogens (primary N) is 1. The van der Waals surface area contributed by atoms with Gasteiger partial charge in [-0.3, -0.25) is 4.79 Å². The topological polar surface area (TPSA) is 64.2 Å². The van der Waals surface area contributed by atoms with Crippen LogP contribution in [0.1, 0.15) is 41.6 Å². The van der Waals surface area contributed by atoms with Gasteiger partial charge >= 0.3 is 0 Å². The molecule has 2 N–H and O–H groups in total. The van der Waals surface area contributed by atoms with Crippen molar-refractivity contribution in [1.29, 1.82) is 0 Å². The van der Waals surface area contributed by atoms with E-state index in [1.54, 1.807) is 6.07 Å². The smallest absolute Gasteiger partial charge is 0.250 e. The highest BCUT2D eigenvalue weighted by atomic mass is 16.1.